The van der Waals surface area contributed by atoms with Gasteiger partial charge in [-0.25, -0.2) is 0 Å². The number of carbonyl (C=O) groups excluding carboxylic acids is 1. The number of anilines is 1. The average Bonchev–Trinajstić information content (AvgIpc) is 3.41. The van der Waals surface area contributed by atoms with Crippen molar-refractivity contribution in [3.8, 4) is 11.4 Å². The van der Waals surface area contributed by atoms with Gasteiger partial charge < -0.3 is 9.84 Å². The Morgan fingerprint density at radius 1 is 1.11 bits per heavy atom. The van der Waals surface area contributed by atoms with Crippen molar-refractivity contribution in [1.29, 1.82) is 0 Å². The number of hydrogen-bond acceptors (Lipinski definition) is 6. The third-order valence-electron chi connectivity index (χ3n) is 3.97. The lowest BCUT2D eigenvalue weighted by atomic mass is 10.1. The van der Waals surface area contributed by atoms with Crippen LogP contribution in [0.25, 0.3) is 17.5 Å². The van der Waals surface area contributed by atoms with Gasteiger partial charge in [0.05, 0.1) is 6.42 Å². The van der Waals surface area contributed by atoms with Crippen LogP contribution in [0.3, 0.4) is 0 Å². The SMILES string of the molecule is O=C(C=Cc1cccs1)Nc1ccccc1Cc1nc(-c2ccncc2)no1. The summed E-state index contributed by atoms with van der Waals surface area (Å²) in [6.07, 6.45) is 7.10. The number of para-hydroxylation sites is 1. The number of amides is 1. The number of thiophene rings is 1. The largest absolute Gasteiger partial charge is 0.339 e. The first kappa shape index (κ1) is 17.8. The van der Waals surface area contributed by atoms with Crippen LogP contribution in [0.5, 0.6) is 0 Å². The van der Waals surface area contributed by atoms with Crippen molar-refractivity contribution < 1.29 is 9.32 Å². The molecule has 0 aliphatic heterocycles. The zero-order chi connectivity index (χ0) is 19.2. The molecule has 0 saturated heterocycles. The summed E-state index contributed by atoms with van der Waals surface area (Å²) >= 11 is 1.58. The first-order valence-electron chi connectivity index (χ1n) is 8.61. The molecule has 0 spiro atoms. The van der Waals surface area contributed by atoms with Crippen molar-refractivity contribution in [3.63, 3.8) is 0 Å². The third-order valence-corrected chi connectivity index (χ3v) is 4.80. The van der Waals surface area contributed by atoms with Crippen molar-refractivity contribution in [2.75, 3.05) is 5.32 Å². The Labute approximate surface area is 165 Å². The van der Waals surface area contributed by atoms with Crippen LogP contribution >= 0.6 is 11.3 Å². The molecular formula is C21H16N4O2S. The number of pyridine rings is 1. The van der Waals surface area contributed by atoms with Gasteiger partial charge in [-0.3, -0.25) is 9.78 Å². The number of nitrogens with one attached hydrogen (secondary N) is 1. The molecule has 0 atom stereocenters. The van der Waals surface area contributed by atoms with E-state index in [1.54, 1.807) is 29.8 Å². The maximum Gasteiger partial charge on any atom is 0.248 e. The van der Waals surface area contributed by atoms with Crippen molar-refractivity contribution in [2.45, 2.75) is 6.42 Å². The minimum atomic E-state index is -0.191. The minimum Gasteiger partial charge on any atom is -0.339 e. The van der Waals surface area contributed by atoms with Crippen LogP contribution in [0.15, 0.2) is 76.9 Å². The van der Waals surface area contributed by atoms with E-state index in [1.807, 2.05) is 53.9 Å². The van der Waals surface area contributed by atoms with E-state index in [2.05, 4.69) is 20.4 Å². The second kappa shape index (κ2) is 8.41. The zero-order valence-corrected chi connectivity index (χ0v) is 15.6. The van der Waals surface area contributed by atoms with Crippen molar-refractivity contribution in [1.82, 2.24) is 15.1 Å². The summed E-state index contributed by atoms with van der Waals surface area (Å²) in [5.74, 6) is 0.796. The van der Waals surface area contributed by atoms with E-state index in [4.69, 9.17) is 4.52 Å². The topological polar surface area (TPSA) is 80.9 Å². The first-order chi connectivity index (χ1) is 13.8. The van der Waals surface area contributed by atoms with Gasteiger partial charge in [-0.05, 0) is 41.3 Å². The maximum atomic E-state index is 12.3. The Hall–Kier alpha value is -3.58. The molecule has 1 N–H and O–H groups in total. The molecule has 6 nitrogen and oxygen atoms in total. The van der Waals surface area contributed by atoms with Crippen LogP contribution in [-0.4, -0.2) is 21.0 Å². The van der Waals surface area contributed by atoms with Gasteiger partial charge in [-0.15, -0.1) is 11.3 Å². The van der Waals surface area contributed by atoms with Crippen LogP contribution < -0.4 is 5.32 Å². The Bertz CT molecular complexity index is 1090. The fourth-order valence-corrected chi connectivity index (χ4v) is 3.24. The molecule has 0 aliphatic rings. The maximum absolute atomic E-state index is 12.3. The summed E-state index contributed by atoms with van der Waals surface area (Å²) in [6.45, 7) is 0. The molecular weight excluding hydrogens is 372 g/mol. The number of nitrogens with zero attached hydrogens (tertiary/aromatic N) is 3. The van der Waals surface area contributed by atoms with E-state index in [0.717, 1.165) is 16.0 Å². The van der Waals surface area contributed by atoms with E-state index < -0.39 is 0 Å². The molecule has 4 aromatic rings. The van der Waals surface area contributed by atoms with Gasteiger partial charge in [0.25, 0.3) is 0 Å². The van der Waals surface area contributed by atoms with Crippen LogP contribution in [0.4, 0.5) is 5.69 Å². The summed E-state index contributed by atoms with van der Waals surface area (Å²) in [7, 11) is 0. The molecule has 138 valence electrons. The Kier molecular flexibility index (Phi) is 5.35. The summed E-state index contributed by atoms with van der Waals surface area (Å²) in [6, 6.07) is 15.1. The third kappa shape index (κ3) is 4.39. The van der Waals surface area contributed by atoms with E-state index in [-0.39, 0.29) is 5.91 Å². The van der Waals surface area contributed by atoms with Crippen LogP contribution in [-0.2, 0) is 11.2 Å². The lowest BCUT2D eigenvalue weighted by molar-refractivity contribution is -0.111. The van der Waals surface area contributed by atoms with Crippen LogP contribution in [0, 0.1) is 0 Å². The summed E-state index contributed by atoms with van der Waals surface area (Å²) in [5, 5.41) is 8.90. The van der Waals surface area contributed by atoms with Crippen molar-refractivity contribution in [2.24, 2.45) is 0 Å². The predicted molar refractivity (Wildman–Crippen MR) is 109 cm³/mol. The zero-order valence-electron chi connectivity index (χ0n) is 14.8. The van der Waals surface area contributed by atoms with E-state index in [9.17, 15) is 4.79 Å². The van der Waals surface area contributed by atoms with Crippen LogP contribution in [0.2, 0.25) is 0 Å². The normalized spacial score (nSPS) is 11.0. The van der Waals surface area contributed by atoms with Gasteiger partial charge >= 0.3 is 0 Å². The Morgan fingerprint density at radius 3 is 2.79 bits per heavy atom. The molecule has 0 saturated carbocycles. The fraction of sp³-hybridized carbons (Fsp3) is 0.0476. The second-order valence-electron chi connectivity index (χ2n) is 5.92. The minimum absolute atomic E-state index is 0.191. The molecule has 7 heteroatoms. The molecule has 28 heavy (non-hydrogen) atoms. The molecule has 1 amide bonds. The lowest BCUT2D eigenvalue weighted by Crippen LogP contribution is -2.10. The molecule has 1 aromatic carbocycles. The highest BCUT2D eigenvalue weighted by Gasteiger charge is 2.12. The summed E-state index contributed by atoms with van der Waals surface area (Å²) in [5.41, 5.74) is 2.45. The number of benzene rings is 1. The number of carbonyl (C=O) groups is 1. The highest BCUT2D eigenvalue weighted by molar-refractivity contribution is 7.10. The lowest BCUT2D eigenvalue weighted by Gasteiger charge is -2.07. The highest BCUT2D eigenvalue weighted by atomic mass is 32.1. The average molecular weight is 388 g/mol. The second-order valence-corrected chi connectivity index (χ2v) is 6.90. The van der Waals surface area contributed by atoms with Gasteiger partial charge in [0.15, 0.2) is 0 Å². The molecule has 3 heterocycles. The molecule has 0 fully saturated rings. The first-order valence-corrected chi connectivity index (χ1v) is 9.49. The van der Waals surface area contributed by atoms with Crippen molar-refractivity contribution in [3.05, 3.63) is 88.7 Å². The number of hydrogen-bond donors (Lipinski definition) is 1. The summed E-state index contributed by atoms with van der Waals surface area (Å²) < 4.78 is 5.37. The molecule has 0 radical (unpaired) electrons. The van der Waals surface area contributed by atoms with Gasteiger partial charge in [0, 0.05) is 34.6 Å². The Balaban J connectivity index is 1.47. The highest BCUT2D eigenvalue weighted by Crippen LogP contribution is 2.21. The number of aromatic nitrogens is 3. The molecule has 0 bridgehead atoms. The fourth-order valence-electron chi connectivity index (χ4n) is 2.62. The molecule has 0 aliphatic carbocycles. The van der Waals surface area contributed by atoms with E-state index in [1.165, 1.54) is 6.08 Å². The van der Waals surface area contributed by atoms with Gasteiger partial charge in [-0.2, -0.15) is 4.98 Å². The standard InChI is InChI=1S/C21H16N4O2S/c26-19(8-7-17-5-3-13-28-17)23-18-6-2-1-4-16(18)14-20-24-21(25-27-20)15-9-11-22-12-10-15/h1-13H,14H2,(H,23,26). The quantitative estimate of drug-likeness (QED) is 0.494. The van der Waals surface area contributed by atoms with E-state index >= 15 is 0 Å². The van der Waals surface area contributed by atoms with Crippen LogP contribution in [0.1, 0.15) is 16.3 Å². The van der Waals surface area contributed by atoms with Gasteiger partial charge in [0.2, 0.25) is 17.6 Å². The van der Waals surface area contributed by atoms with Gasteiger partial charge in [-0.1, -0.05) is 29.4 Å². The molecule has 3 aromatic heterocycles. The monoisotopic (exact) mass is 388 g/mol. The Morgan fingerprint density at radius 2 is 1.96 bits per heavy atom. The summed E-state index contributed by atoms with van der Waals surface area (Å²) in [4.78, 5) is 21.7. The smallest absolute Gasteiger partial charge is 0.248 e. The number of rotatable bonds is 6. The molecule has 4 rings (SSSR count). The molecule has 0 unspecified atom stereocenters. The van der Waals surface area contributed by atoms with E-state index in [0.29, 0.717) is 23.8 Å². The van der Waals surface area contributed by atoms with Crippen molar-refractivity contribution >= 4 is 29.0 Å². The predicted octanol–water partition coefficient (Wildman–Crippen LogP) is 4.44. The van der Waals surface area contributed by atoms with Gasteiger partial charge in [0.1, 0.15) is 0 Å².